The van der Waals surface area contributed by atoms with E-state index in [1.54, 1.807) is 0 Å². The average Bonchev–Trinajstić information content (AvgIpc) is 2.57. The molecule has 0 unspecified atom stereocenters. The van der Waals surface area contributed by atoms with Crippen LogP contribution in [0.25, 0.3) is 0 Å². The second-order valence-corrected chi connectivity index (χ2v) is 8.44. The van der Waals surface area contributed by atoms with Crippen LogP contribution in [-0.4, -0.2) is 13.1 Å². The fourth-order valence-corrected chi connectivity index (χ4v) is 3.57. The fraction of sp³-hybridized carbons (Fsp3) is 0.714. The highest BCUT2D eigenvalue weighted by Gasteiger charge is 2.18. The van der Waals surface area contributed by atoms with Crippen LogP contribution in [0.3, 0.4) is 0 Å². The minimum atomic E-state index is 0.383. The maximum Gasteiger partial charge on any atom is 0.0701 e. The van der Waals surface area contributed by atoms with Crippen molar-refractivity contribution in [3.8, 4) is 0 Å². The summed E-state index contributed by atoms with van der Waals surface area (Å²) in [6, 6.07) is 4.38. The van der Waals surface area contributed by atoms with E-state index in [0.29, 0.717) is 5.41 Å². The van der Waals surface area contributed by atoms with E-state index < -0.39 is 0 Å². The molecule has 0 aliphatic heterocycles. The van der Waals surface area contributed by atoms with Gasteiger partial charge in [-0.15, -0.1) is 11.3 Å². The maximum absolute atomic E-state index is 3.53. The molecule has 1 N–H and O–H groups in total. The predicted octanol–water partition coefficient (Wildman–Crippen LogP) is 4.72. The summed E-state index contributed by atoms with van der Waals surface area (Å²) in [5, 5.41) is 3.53. The van der Waals surface area contributed by atoms with Crippen LogP contribution in [0.2, 0.25) is 0 Å². The summed E-state index contributed by atoms with van der Waals surface area (Å²) in [5.74, 6) is 0.742. The van der Waals surface area contributed by atoms with E-state index in [0.717, 1.165) is 19.0 Å². The Labute approximate surface area is 118 Å². The van der Waals surface area contributed by atoms with E-state index in [1.165, 1.54) is 21.5 Å². The van der Waals surface area contributed by atoms with E-state index >= 15 is 0 Å². The van der Waals surface area contributed by atoms with Crippen molar-refractivity contribution in [2.75, 3.05) is 13.1 Å². The van der Waals surface area contributed by atoms with Crippen LogP contribution >= 0.6 is 27.3 Å². The first-order valence-corrected chi connectivity index (χ1v) is 7.95. The second-order valence-electron chi connectivity index (χ2n) is 5.89. The minimum absolute atomic E-state index is 0.383. The van der Waals surface area contributed by atoms with Crippen LogP contribution in [0.1, 0.15) is 39.0 Å². The number of hydrogen-bond acceptors (Lipinski definition) is 2. The van der Waals surface area contributed by atoms with Gasteiger partial charge in [0.25, 0.3) is 0 Å². The number of thiophene rings is 1. The molecule has 1 rings (SSSR count). The summed E-state index contributed by atoms with van der Waals surface area (Å²) in [5.41, 5.74) is 0.383. The van der Waals surface area contributed by atoms with E-state index in [1.807, 2.05) is 11.3 Å². The molecule has 1 aromatic heterocycles. The molecule has 0 saturated carbocycles. The van der Waals surface area contributed by atoms with Crippen molar-refractivity contribution in [1.82, 2.24) is 5.32 Å². The Bertz CT molecular complexity index is 331. The third-order valence-corrected chi connectivity index (χ3v) is 4.44. The summed E-state index contributed by atoms with van der Waals surface area (Å²) in [6.45, 7) is 11.5. The number of nitrogens with one attached hydrogen (secondary N) is 1. The topological polar surface area (TPSA) is 12.0 Å². The molecule has 98 valence electrons. The van der Waals surface area contributed by atoms with Crippen LogP contribution in [-0.2, 0) is 6.42 Å². The van der Waals surface area contributed by atoms with Gasteiger partial charge in [-0.2, -0.15) is 0 Å². The molecular formula is C14H24BrNS. The first-order chi connectivity index (χ1) is 7.89. The number of rotatable bonds is 7. The van der Waals surface area contributed by atoms with Crippen molar-refractivity contribution in [2.24, 2.45) is 11.3 Å². The Kier molecular flexibility index (Phi) is 6.18. The molecule has 0 aliphatic rings. The highest BCUT2D eigenvalue weighted by molar-refractivity contribution is 9.11. The molecule has 0 bridgehead atoms. The molecule has 0 atom stereocenters. The quantitative estimate of drug-likeness (QED) is 0.718. The van der Waals surface area contributed by atoms with Crippen molar-refractivity contribution in [3.63, 3.8) is 0 Å². The van der Waals surface area contributed by atoms with Gasteiger partial charge in [-0.05, 0) is 65.3 Å². The molecule has 0 aliphatic carbocycles. The zero-order valence-electron chi connectivity index (χ0n) is 11.3. The largest absolute Gasteiger partial charge is 0.316 e. The Morgan fingerprint density at radius 1 is 1.35 bits per heavy atom. The lowest BCUT2D eigenvalue weighted by atomic mass is 9.85. The van der Waals surface area contributed by atoms with Crippen LogP contribution in [0, 0.1) is 11.3 Å². The van der Waals surface area contributed by atoms with Crippen molar-refractivity contribution in [3.05, 3.63) is 20.8 Å². The zero-order valence-corrected chi connectivity index (χ0v) is 13.7. The lowest BCUT2D eigenvalue weighted by molar-refractivity contribution is 0.324. The zero-order chi connectivity index (χ0) is 12.9. The molecule has 0 fully saturated rings. The highest BCUT2D eigenvalue weighted by atomic mass is 79.9. The predicted molar refractivity (Wildman–Crippen MR) is 81.8 cm³/mol. The lowest BCUT2D eigenvalue weighted by Gasteiger charge is -2.24. The van der Waals surface area contributed by atoms with Crippen LogP contribution < -0.4 is 5.32 Å². The summed E-state index contributed by atoms with van der Waals surface area (Å²) in [6.07, 6.45) is 2.40. The van der Waals surface area contributed by atoms with Gasteiger partial charge in [-0.25, -0.2) is 0 Å². The monoisotopic (exact) mass is 317 g/mol. The molecule has 1 heterocycles. The van der Waals surface area contributed by atoms with Gasteiger partial charge < -0.3 is 5.32 Å². The van der Waals surface area contributed by atoms with Crippen molar-refractivity contribution < 1.29 is 0 Å². The van der Waals surface area contributed by atoms with E-state index in [4.69, 9.17) is 0 Å². The molecule has 0 amide bonds. The van der Waals surface area contributed by atoms with Crippen LogP contribution in [0.15, 0.2) is 15.9 Å². The smallest absolute Gasteiger partial charge is 0.0701 e. The summed E-state index contributed by atoms with van der Waals surface area (Å²) < 4.78 is 1.24. The molecule has 0 spiro atoms. The van der Waals surface area contributed by atoms with Crippen molar-refractivity contribution >= 4 is 27.3 Å². The van der Waals surface area contributed by atoms with E-state index in [-0.39, 0.29) is 0 Å². The lowest BCUT2D eigenvalue weighted by Crippen LogP contribution is -2.26. The Morgan fingerprint density at radius 3 is 2.59 bits per heavy atom. The van der Waals surface area contributed by atoms with Gasteiger partial charge in [0.15, 0.2) is 0 Å². The van der Waals surface area contributed by atoms with E-state index in [9.17, 15) is 0 Å². The number of halogens is 1. The van der Waals surface area contributed by atoms with E-state index in [2.05, 4.69) is 61.1 Å². The molecule has 3 heteroatoms. The van der Waals surface area contributed by atoms with Gasteiger partial charge >= 0.3 is 0 Å². The molecule has 17 heavy (non-hydrogen) atoms. The van der Waals surface area contributed by atoms with Gasteiger partial charge in [0.1, 0.15) is 0 Å². The van der Waals surface area contributed by atoms with Crippen molar-refractivity contribution in [2.45, 2.75) is 40.5 Å². The second kappa shape index (κ2) is 6.91. The average molecular weight is 318 g/mol. The highest BCUT2D eigenvalue weighted by Crippen LogP contribution is 2.31. The van der Waals surface area contributed by atoms with Gasteiger partial charge in [-0.1, -0.05) is 27.7 Å². The molecule has 0 radical (unpaired) electrons. The van der Waals surface area contributed by atoms with Crippen LogP contribution in [0.4, 0.5) is 0 Å². The van der Waals surface area contributed by atoms with Crippen molar-refractivity contribution in [1.29, 1.82) is 0 Å². The normalized spacial score (nSPS) is 12.4. The minimum Gasteiger partial charge on any atom is -0.316 e. The summed E-state index contributed by atoms with van der Waals surface area (Å²) in [4.78, 5) is 1.48. The molecular weight excluding hydrogens is 294 g/mol. The Balaban J connectivity index is 2.30. The SMILES string of the molecule is CC(C)CNCCC(C)(C)Cc1ccc(Br)s1. The van der Waals surface area contributed by atoms with Gasteiger partial charge in [0, 0.05) is 4.88 Å². The van der Waals surface area contributed by atoms with Gasteiger partial charge in [0.2, 0.25) is 0 Å². The standard InChI is InChI=1S/C14H24BrNS/c1-11(2)10-16-8-7-14(3,4)9-12-5-6-13(15)17-12/h5-6,11,16H,7-10H2,1-4H3. The number of hydrogen-bond donors (Lipinski definition) is 1. The Hall–Kier alpha value is 0.140. The molecule has 1 aromatic rings. The first kappa shape index (κ1) is 15.2. The van der Waals surface area contributed by atoms with Gasteiger partial charge in [-0.3, -0.25) is 0 Å². The fourth-order valence-electron chi connectivity index (χ4n) is 1.82. The molecule has 0 saturated heterocycles. The molecule has 1 nitrogen and oxygen atoms in total. The maximum atomic E-state index is 3.53. The molecule has 0 aromatic carbocycles. The Morgan fingerprint density at radius 2 is 2.06 bits per heavy atom. The van der Waals surface area contributed by atoms with Gasteiger partial charge in [0.05, 0.1) is 3.79 Å². The summed E-state index contributed by atoms with van der Waals surface area (Å²) >= 11 is 5.38. The third-order valence-electron chi connectivity index (χ3n) is 2.81. The summed E-state index contributed by atoms with van der Waals surface area (Å²) in [7, 11) is 0. The first-order valence-electron chi connectivity index (χ1n) is 6.34. The van der Waals surface area contributed by atoms with Crippen LogP contribution in [0.5, 0.6) is 0 Å². The third kappa shape index (κ3) is 6.58.